The van der Waals surface area contributed by atoms with Crippen LogP contribution in [0, 0.1) is 5.92 Å². The lowest BCUT2D eigenvalue weighted by Crippen LogP contribution is -2.40. The standard InChI is InChI=1S/C20H22N4O3/c1-3-27-18-13-15(19(21)23-24(18)14-9-5-4-6-10-14)20(25)22-16-11-7-8-12-17(16)26-2/h4-13,15H,3H2,1-2H3,(H2,21,23)(H,22,25). The van der Waals surface area contributed by atoms with Crippen LogP contribution in [0.25, 0.3) is 0 Å². The number of hydrogen-bond donors (Lipinski definition) is 2. The zero-order valence-electron chi connectivity index (χ0n) is 15.3. The summed E-state index contributed by atoms with van der Waals surface area (Å²) in [7, 11) is 1.55. The van der Waals surface area contributed by atoms with Gasteiger partial charge in [0.1, 0.15) is 17.5 Å². The maximum absolute atomic E-state index is 12.8. The fraction of sp³-hybridized carbons (Fsp3) is 0.200. The van der Waals surface area contributed by atoms with Crippen molar-refractivity contribution in [2.45, 2.75) is 6.92 Å². The van der Waals surface area contributed by atoms with Gasteiger partial charge in [0.25, 0.3) is 0 Å². The molecule has 1 aliphatic rings. The van der Waals surface area contributed by atoms with E-state index in [9.17, 15) is 4.79 Å². The quantitative estimate of drug-likeness (QED) is 0.820. The third-order valence-electron chi connectivity index (χ3n) is 3.99. The molecule has 27 heavy (non-hydrogen) atoms. The number of benzene rings is 2. The van der Waals surface area contributed by atoms with Gasteiger partial charge >= 0.3 is 0 Å². The van der Waals surface area contributed by atoms with Gasteiger partial charge in [-0.15, -0.1) is 0 Å². The summed E-state index contributed by atoms with van der Waals surface area (Å²) >= 11 is 0. The monoisotopic (exact) mass is 366 g/mol. The molecule has 7 nitrogen and oxygen atoms in total. The van der Waals surface area contributed by atoms with Crippen LogP contribution < -0.4 is 20.8 Å². The molecule has 0 aliphatic carbocycles. The molecule has 1 aliphatic heterocycles. The number of carbonyl (C=O) groups excluding carboxylic acids is 1. The molecule has 0 saturated carbocycles. The van der Waals surface area contributed by atoms with Crippen LogP contribution in [0.5, 0.6) is 5.75 Å². The molecular weight excluding hydrogens is 344 g/mol. The molecule has 0 aromatic heterocycles. The average molecular weight is 366 g/mol. The van der Waals surface area contributed by atoms with E-state index in [4.69, 9.17) is 15.2 Å². The Labute approximate surface area is 158 Å². The lowest BCUT2D eigenvalue weighted by Gasteiger charge is -2.28. The van der Waals surface area contributed by atoms with Crippen molar-refractivity contribution in [3.05, 3.63) is 66.6 Å². The molecule has 7 heteroatoms. The lowest BCUT2D eigenvalue weighted by atomic mass is 10.1. The molecule has 0 radical (unpaired) electrons. The van der Waals surface area contributed by atoms with Crippen LogP contribution in [-0.2, 0) is 9.53 Å². The first-order valence-corrected chi connectivity index (χ1v) is 8.61. The van der Waals surface area contributed by atoms with E-state index in [0.717, 1.165) is 5.69 Å². The number of ether oxygens (including phenoxy) is 2. The van der Waals surface area contributed by atoms with Crippen molar-refractivity contribution in [3.63, 3.8) is 0 Å². The molecule has 140 valence electrons. The molecular formula is C20H22N4O3. The number of rotatable bonds is 6. The van der Waals surface area contributed by atoms with E-state index in [-0.39, 0.29) is 11.7 Å². The Balaban J connectivity index is 1.86. The van der Waals surface area contributed by atoms with Crippen molar-refractivity contribution < 1.29 is 14.3 Å². The molecule has 0 saturated heterocycles. The zero-order valence-corrected chi connectivity index (χ0v) is 15.3. The number of hydrazone groups is 1. The first kappa shape index (κ1) is 18.3. The molecule has 1 unspecified atom stereocenters. The zero-order chi connectivity index (χ0) is 19.2. The molecule has 2 aromatic carbocycles. The number of amidine groups is 1. The molecule has 2 aromatic rings. The summed E-state index contributed by atoms with van der Waals surface area (Å²) < 4.78 is 11.0. The smallest absolute Gasteiger partial charge is 0.239 e. The predicted molar refractivity (Wildman–Crippen MR) is 105 cm³/mol. The van der Waals surface area contributed by atoms with Crippen LogP contribution >= 0.6 is 0 Å². The summed E-state index contributed by atoms with van der Waals surface area (Å²) in [5.74, 6) is 0.131. The number of nitrogens with zero attached hydrogens (tertiary/aromatic N) is 2. The van der Waals surface area contributed by atoms with Crippen LogP contribution in [0.15, 0.2) is 71.7 Å². The van der Waals surface area contributed by atoms with Gasteiger partial charge in [0.05, 0.1) is 25.1 Å². The van der Waals surface area contributed by atoms with Gasteiger partial charge in [0, 0.05) is 0 Å². The van der Waals surface area contributed by atoms with Gasteiger partial charge in [-0.3, -0.25) is 4.79 Å². The fourth-order valence-corrected chi connectivity index (χ4v) is 2.71. The first-order valence-electron chi connectivity index (χ1n) is 8.61. The molecule has 0 bridgehead atoms. The highest BCUT2D eigenvalue weighted by molar-refractivity contribution is 6.10. The van der Waals surface area contributed by atoms with Gasteiger partial charge in [-0.25, -0.2) is 0 Å². The van der Waals surface area contributed by atoms with Crippen molar-refractivity contribution in [1.82, 2.24) is 0 Å². The van der Waals surface area contributed by atoms with Crippen molar-refractivity contribution >= 4 is 23.1 Å². The summed E-state index contributed by atoms with van der Waals surface area (Å²) in [5, 5.41) is 8.81. The van der Waals surface area contributed by atoms with E-state index in [1.54, 1.807) is 30.3 Å². The predicted octanol–water partition coefficient (Wildman–Crippen LogP) is 2.92. The molecule has 3 rings (SSSR count). The molecule has 3 N–H and O–H groups in total. The Bertz CT molecular complexity index is 865. The highest BCUT2D eigenvalue weighted by Crippen LogP contribution is 2.27. The summed E-state index contributed by atoms with van der Waals surface area (Å²) in [4.78, 5) is 12.8. The van der Waals surface area contributed by atoms with Crippen LogP contribution in [0.2, 0.25) is 0 Å². The Kier molecular flexibility index (Phi) is 5.61. The minimum atomic E-state index is -0.753. The topological polar surface area (TPSA) is 89.2 Å². The number of methoxy groups -OCH3 is 1. The van der Waals surface area contributed by atoms with Gasteiger partial charge in [-0.1, -0.05) is 30.3 Å². The molecule has 1 heterocycles. The lowest BCUT2D eigenvalue weighted by molar-refractivity contribution is -0.117. The third kappa shape index (κ3) is 4.03. The minimum Gasteiger partial charge on any atom is -0.495 e. The Morgan fingerprint density at radius 2 is 1.89 bits per heavy atom. The van der Waals surface area contributed by atoms with Gasteiger partial charge in [0.2, 0.25) is 11.8 Å². The van der Waals surface area contributed by atoms with Crippen molar-refractivity contribution in [2.24, 2.45) is 16.8 Å². The Morgan fingerprint density at radius 1 is 1.19 bits per heavy atom. The first-order chi connectivity index (χ1) is 13.1. The molecule has 0 spiro atoms. The fourth-order valence-electron chi connectivity index (χ4n) is 2.71. The average Bonchev–Trinajstić information content (AvgIpc) is 2.70. The molecule has 0 fully saturated rings. The summed E-state index contributed by atoms with van der Waals surface area (Å²) in [6.07, 6.45) is 1.67. The number of nitrogens with two attached hydrogens (primary N) is 1. The number of para-hydroxylation sites is 3. The SMILES string of the molecule is CCOC1=CC(C(=O)Nc2ccccc2OC)C(N)=NN1c1ccccc1. The van der Waals surface area contributed by atoms with Crippen molar-refractivity contribution in [1.29, 1.82) is 0 Å². The summed E-state index contributed by atoms with van der Waals surface area (Å²) in [6.45, 7) is 2.31. The van der Waals surface area contributed by atoms with Gasteiger partial charge in [-0.05, 0) is 37.3 Å². The van der Waals surface area contributed by atoms with E-state index in [2.05, 4.69) is 10.4 Å². The normalized spacial score (nSPS) is 16.2. The van der Waals surface area contributed by atoms with E-state index < -0.39 is 5.92 Å². The van der Waals surface area contributed by atoms with Gasteiger partial charge in [-0.2, -0.15) is 10.1 Å². The van der Waals surface area contributed by atoms with E-state index in [1.165, 1.54) is 0 Å². The number of carbonyl (C=O) groups is 1. The summed E-state index contributed by atoms with van der Waals surface area (Å²) in [6, 6.07) is 16.6. The van der Waals surface area contributed by atoms with Crippen molar-refractivity contribution in [3.8, 4) is 5.75 Å². The highest BCUT2D eigenvalue weighted by Gasteiger charge is 2.30. The van der Waals surface area contributed by atoms with Gasteiger partial charge < -0.3 is 20.5 Å². The largest absolute Gasteiger partial charge is 0.495 e. The summed E-state index contributed by atoms with van der Waals surface area (Å²) in [5.41, 5.74) is 7.47. The number of amides is 1. The number of hydrogen-bond acceptors (Lipinski definition) is 6. The minimum absolute atomic E-state index is 0.176. The second-order valence-corrected chi connectivity index (χ2v) is 5.78. The molecule has 1 amide bonds. The Hall–Kier alpha value is -3.48. The van der Waals surface area contributed by atoms with Crippen LogP contribution in [-0.4, -0.2) is 25.5 Å². The van der Waals surface area contributed by atoms with Crippen molar-refractivity contribution in [2.75, 3.05) is 24.0 Å². The van der Waals surface area contributed by atoms with Crippen LogP contribution in [0.3, 0.4) is 0 Å². The maximum Gasteiger partial charge on any atom is 0.239 e. The second kappa shape index (κ2) is 8.27. The van der Waals surface area contributed by atoms with Gasteiger partial charge in [0.15, 0.2) is 0 Å². The van der Waals surface area contributed by atoms with E-state index >= 15 is 0 Å². The Morgan fingerprint density at radius 3 is 2.59 bits per heavy atom. The number of nitrogens with one attached hydrogen (secondary N) is 1. The van der Waals surface area contributed by atoms with Crippen LogP contribution in [0.1, 0.15) is 6.92 Å². The highest BCUT2D eigenvalue weighted by atomic mass is 16.5. The van der Waals surface area contributed by atoms with E-state index in [1.807, 2.05) is 49.4 Å². The van der Waals surface area contributed by atoms with Crippen LogP contribution in [0.4, 0.5) is 11.4 Å². The molecule has 1 atom stereocenters. The maximum atomic E-state index is 12.8. The third-order valence-corrected chi connectivity index (χ3v) is 3.99. The second-order valence-electron chi connectivity index (χ2n) is 5.78. The number of anilines is 2. The van der Waals surface area contributed by atoms with E-state index in [0.29, 0.717) is 23.9 Å².